The molecule has 0 atom stereocenters. The van der Waals surface area contributed by atoms with Crippen molar-refractivity contribution < 1.29 is 4.79 Å². The molecule has 0 saturated heterocycles. The first-order valence-corrected chi connectivity index (χ1v) is 8.66. The number of nitrogens with zero attached hydrogens (tertiary/aromatic N) is 3. The third kappa shape index (κ3) is 2.75. The van der Waals surface area contributed by atoms with Crippen molar-refractivity contribution in [2.45, 2.75) is 29.8 Å². The SMILES string of the molecule is CSc1nnc(CCNC(=O)C2(c3ccccc3)CC2)n1C. The van der Waals surface area contributed by atoms with E-state index in [4.69, 9.17) is 0 Å². The number of hydrogen-bond acceptors (Lipinski definition) is 4. The van der Waals surface area contributed by atoms with Gasteiger partial charge in [0.15, 0.2) is 5.16 Å². The Hall–Kier alpha value is -1.82. The summed E-state index contributed by atoms with van der Waals surface area (Å²) in [4.78, 5) is 12.5. The van der Waals surface area contributed by atoms with E-state index in [1.54, 1.807) is 11.8 Å². The van der Waals surface area contributed by atoms with Gasteiger partial charge in [-0.3, -0.25) is 4.79 Å². The molecule has 0 unspecified atom stereocenters. The lowest BCUT2D eigenvalue weighted by molar-refractivity contribution is -0.123. The maximum atomic E-state index is 12.5. The number of amides is 1. The van der Waals surface area contributed by atoms with Gasteiger partial charge in [0.25, 0.3) is 0 Å². The Labute approximate surface area is 134 Å². The van der Waals surface area contributed by atoms with Crippen molar-refractivity contribution >= 4 is 17.7 Å². The van der Waals surface area contributed by atoms with Gasteiger partial charge in [0, 0.05) is 20.0 Å². The van der Waals surface area contributed by atoms with Gasteiger partial charge in [-0.25, -0.2) is 0 Å². The summed E-state index contributed by atoms with van der Waals surface area (Å²) in [6.07, 6.45) is 4.54. The molecule has 3 rings (SSSR count). The number of carbonyl (C=O) groups excluding carboxylic acids is 1. The predicted molar refractivity (Wildman–Crippen MR) is 86.9 cm³/mol. The number of rotatable bonds is 6. The summed E-state index contributed by atoms with van der Waals surface area (Å²) in [5, 5.41) is 12.2. The van der Waals surface area contributed by atoms with Crippen LogP contribution in [0.3, 0.4) is 0 Å². The lowest BCUT2D eigenvalue weighted by Gasteiger charge is -2.15. The average molecular weight is 316 g/mol. The summed E-state index contributed by atoms with van der Waals surface area (Å²) >= 11 is 1.57. The van der Waals surface area contributed by atoms with Crippen LogP contribution in [-0.4, -0.2) is 33.5 Å². The number of benzene rings is 1. The van der Waals surface area contributed by atoms with Gasteiger partial charge in [-0.05, 0) is 24.7 Å². The van der Waals surface area contributed by atoms with Crippen LogP contribution in [0.25, 0.3) is 0 Å². The van der Waals surface area contributed by atoms with E-state index in [1.165, 1.54) is 0 Å². The molecule has 1 aromatic heterocycles. The minimum atomic E-state index is -0.300. The zero-order chi connectivity index (χ0) is 15.6. The summed E-state index contributed by atoms with van der Waals surface area (Å²) in [7, 11) is 1.95. The normalized spacial score (nSPS) is 15.5. The molecule has 1 fully saturated rings. The smallest absolute Gasteiger partial charge is 0.230 e. The lowest BCUT2D eigenvalue weighted by atomic mass is 9.95. The third-order valence-corrected chi connectivity index (χ3v) is 4.97. The van der Waals surface area contributed by atoms with Crippen molar-refractivity contribution in [2.75, 3.05) is 12.8 Å². The summed E-state index contributed by atoms with van der Waals surface area (Å²) in [5.74, 6) is 1.03. The molecule has 1 aromatic carbocycles. The first-order valence-electron chi connectivity index (χ1n) is 7.43. The molecule has 1 saturated carbocycles. The Balaban J connectivity index is 1.58. The highest BCUT2D eigenvalue weighted by Gasteiger charge is 2.50. The summed E-state index contributed by atoms with van der Waals surface area (Å²) in [5.41, 5.74) is 0.821. The standard InChI is InChI=1S/C16H20N4OS/c1-20-13(18-19-15(20)22-2)8-11-17-14(21)16(9-10-16)12-6-4-3-5-7-12/h3-7H,8-11H2,1-2H3,(H,17,21). The topological polar surface area (TPSA) is 59.8 Å². The first kappa shape index (κ1) is 15.1. The molecule has 116 valence electrons. The van der Waals surface area contributed by atoms with Crippen LogP contribution in [0.4, 0.5) is 0 Å². The molecule has 0 aliphatic heterocycles. The van der Waals surface area contributed by atoms with E-state index < -0.39 is 0 Å². The number of carbonyl (C=O) groups is 1. The van der Waals surface area contributed by atoms with Crippen LogP contribution >= 0.6 is 11.8 Å². The second-order valence-electron chi connectivity index (χ2n) is 5.62. The highest BCUT2D eigenvalue weighted by atomic mass is 32.2. The average Bonchev–Trinajstić information content (AvgIpc) is 3.29. The van der Waals surface area contributed by atoms with Gasteiger partial charge in [-0.2, -0.15) is 0 Å². The van der Waals surface area contributed by atoms with Gasteiger partial charge in [0.2, 0.25) is 5.91 Å². The fourth-order valence-corrected chi connectivity index (χ4v) is 3.23. The van der Waals surface area contributed by atoms with Gasteiger partial charge in [-0.1, -0.05) is 42.1 Å². The predicted octanol–water partition coefficient (Wildman–Crippen LogP) is 1.93. The monoisotopic (exact) mass is 316 g/mol. The fraction of sp³-hybridized carbons (Fsp3) is 0.438. The van der Waals surface area contributed by atoms with Gasteiger partial charge in [-0.15, -0.1) is 10.2 Å². The van der Waals surface area contributed by atoms with Gasteiger partial charge in [0.1, 0.15) is 5.82 Å². The Morgan fingerprint density at radius 3 is 2.64 bits per heavy atom. The summed E-state index contributed by atoms with van der Waals surface area (Å²) < 4.78 is 1.97. The van der Waals surface area contributed by atoms with Crippen LogP contribution in [-0.2, 0) is 23.7 Å². The third-order valence-electron chi connectivity index (χ3n) is 4.25. The molecule has 1 amide bonds. The van der Waals surface area contributed by atoms with Crippen LogP contribution in [0.15, 0.2) is 35.5 Å². The van der Waals surface area contributed by atoms with Crippen LogP contribution in [0.1, 0.15) is 24.2 Å². The minimum absolute atomic E-state index is 0.131. The largest absolute Gasteiger partial charge is 0.355 e. The van der Waals surface area contributed by atoms with Crippen molar-refractivity contribution in [2.24, 2.45) is 7.05 Å². The lowest BCUT2D eigenvalue weighted by Crippen LogP contribution is -2.36. The van der Waals surface area contributed by atoms with E-state index in [0.717, 1.165) is 29.4 Å². The van der Waals surface area contributed by atoms with E-state index in [-0.39, 0.29) is 11.3 Å². The highest BCUT2D eigenvalue weighted by Crippen LogP contribution is 2.48. The van der Waals surface area contributed by atoms with E-state index in [0.29, 0.717) is 13.0 Å². The summed E-state index contributed by atoms with van der Waals surface area (Å²) in [6, 6.07) is 10.0. The van der Waals surface area contributed by atoms with Crippen LogP contribution in [0.2, 0.25) is 0 Å². The zero-order valence-corrected chi connectivity index (χ0v) is 13.7. The molecule has 5 nitrogen and oxygen atoms in total. The van der Waals surface area contributed by atoms with Gasteiger partial charge < -0.3 is 9.88 Å². The number of aromatic nitrogens is 3. The van der Waals surface area contributed by atoms with Crippen molar-refractivity contribution in [3.05, 3.63) is 41.7 Å². The molecule has 0 spiro atoms. The first-order chi connectivity index (χ1) is 10.7. The van der Waals surface area contributed by atoms with Crippen molar-refractivity contribution in [3.63, 3.8) is 0 Å². The second-order valence-corrected chi connectivity index (χ2v) is 6.39. The highest BCUT2D eigenvalue weighted by molar-refractivity contribution is 7.98. The Kier molecular flexibility index (Phi) is 4.20. The van der Waals surface area contributed by atoms with Crippen molar-refractivity contribution in [1.29, 1.82) is 0 Å². The molecule has 2 aromatic rings. The number of thioether (sulfide) groups is 1. The van der Waals surface area contributed by atoms with Gasteiger partial charge in [0.05, 0.1) is 5.41 Å². The number of hydrogen-bond donors (Lipinski definition) is 1. The zero-order valence-electron chi connectivity index (χ0n) is 12.9. The van der Waals surface area contributed by atoms with Crippen LogP contribution < -0.4 is 5.32 Å². The second kappa shape index (κ2) is 6.12. The minimum Gasteiger partial charge on any atom is -0.355 e. The van der Waals surface area contributed by atoms with E-state index in [2.05, 4.69) is 15.5 Å². The van der Waals surface area contributed by atoms with E-state index in [9.17, 15) is 4.79 Å². The fourth-order valence-electron chi connectivity index (χ4n) is 2.73. The molecule has 1 aliphatic rings. The maximum absolute atomic E-state index is 12.5. The molecule has 0 bridgehead atoms. The van der Waals surface area contributed by atoms with Crippen molar-refractivity contribution in [1.82, 2.24) is 20.1 Å². The molecular weight excluding hydrogens is 296 g/mol. The van der Waals surface area contributed by atoms with Crippen LogP contribution in [0.5, 0.6) is 0 Å². The van der Waals surface area contributed by atoms with Crippen molar-refractivity contribution in [3.8, 4) is 0 Å². The van der Waals surface area contributed by atoms with Gasteiger partial charge >= 0.3 is 0 Å². The molecule has 1 heterocycles. The molecule has 0 radical (unpaired) electrons. The molecule has 1 N–H and O–H groups in total. The Bertz CT molecular complexity index is 664. The molecule has 22 heavy (non-hydrogen) atoms. The summed E-state index contributed by atoms with van der Waals surface area (Å²) in [6.45, 7) is 0.591. The molecular formula is C16H20N4OS. The molecule has 6 heteroatoms. The number of nitrogens with one attached hydrogen (secondary N) is 1. The van der Waals surface area contributed by atoms with E-state index >= 15 is 0 Å². The van der Waals surface area contributed by atoms with Crippen LogP contribution in [0, 0.1) is 0 Å². The van der Waals surface area contributed by atoms with E-state index in [1.807, 2.05) is 48.2 Å². The molecule has 1 aliphatic carbocycles. The Morgan fingerprint density at radius 1 is 1.32 bits per heavy atom. The Morgan fingerprint density at radius 2 is 2.05 bits per heavy atom. The maximum Gasteiger partial charge on any atom is 0.230 e. The quantitative estimate of drug-likeness (QED) is 0.827.